The zero-order valence-corrected chi connectivity index (χ0v) is 11.9. The van der Waals surface area contributed by atoms with Crippen molar-refractivity contribution in [1.29, 1.82) is 0 Å². The topological polar surface area (TPSA) is 102 Å². The van der Waals surface area contributed by atoms with Crippen molar-refractivity contribution in [2.75, 3.05) is 19.0 Å². The number of hydrogen-bond acceptors (Lipinski definition) is 5. The van der Waals surface area contributed by atoms with Crippen molar-refractivity contribution >= 4 is 28.9 Å². The van der Waals surface area contributed by atoms with Gasteiger partial charge < -0.3 is 15.2 Å². The first-order valence-electron chi connectivity index (χ1n) is 5.98. The molecule has 1 aromatic rings. The number of nitrogens with one attached hydrogen (secondary N) is 1. The summed E-state index contributed by atoms with van der Waals surface area (Å²) in [6.45, 7) is 0.359. The van der Waals surface area contributed by atoms with E-state index in [1.807, 2.05) is 0 Å². The molecule has 0 bridgehead atoms. The molecule has 0 aromatic heterocycles. The first-order valence-corrected chi connectivity index (χ1v) is 6.36. The van der Waals surface area contributed by atoms with Crippen LogP contribution in [-0.2, 0) is 9.53 Å². The summed E-state index contributed by atoms with van der Waals surface area (Å²) < 4.78 is 18.1. The van der Waals surface area contributed by atoms with Gasteiger partial charge >= 0.3 is 5.97 Å². The summed E-state index contributed by atoms with van der Waals surface area (Å²) in [4.78, 5) is 21.2. The number of nitro benzene ring substituents is 1. The lowest BCUT2D eigenvalue weighted by Gasteiger charge is -2.16. The average molecular weight is 321 g/mol. The SMILES string of the molecule is COCCCC(Nc1cc(Cl)c(F)cc1[N+](=O)[O-])C(=O)O. The highest BCUT2D eigenvalue weighted by Crippen LogP contribution is 2.31. The van der Waals surface area contributed by atoms with Crippen molar-refractivity contribution in [1.82, 2.24) is 0 Å². The van der Waals surface area contributed by atoms with Gasteiger partial charge in [0.25, 0.3) is 5.69 Å². The van der Waals surface area contributed by atoms with Gasteiger partial charge in [-0.1, -0.05) is 11.6 Å². The van der Waals surface area contributed by atoms with Crippen molar-refractivity contribution < 1.29 is 24.0 Å². The van der Waals surface area contributed by atoms with Gasteiger partial charge in [0.05, 0.1) is 16.0 Å². The summed E-state index contributed by atoms with van der Waals surface area (Å²) in [5.74, 6) is -2.12. The molecule has 0 amide bonds. The summed E-state index contributed by atoms with van der Waals surface area (Å²) in [5, 5.41) is 22.2. The van der Waals surface area contributed by atoms with Gasteiger partial charge in [-0.15, -0.1) is 0 Å². The van der Waals surface area contributed by atoms with Crippen molar-refractivity contribution in [2.24, 2.45) is 0 Å². The molecular formula is C12H14ClFN2O5. The zero-order valence-electron chi connectivity index (χ0n) is 11.1. The lowest BCUT2D eigenvalue weighted by atomic mass is 10.1. The fourth-order valence-corrected chi connectivity index (χ4v) is 1.84. The van der Waals surface area contributed by atoms with Crippen LogP contribution in [0.2, 0.25) is 5.02 Å². The predicted octanol–water partition coefficient (Wildman–Crippen LogP) is 2.68. The van der Waals surface area contributed by atoms with E-state index in [2.05, 4.69) is 5.32 Å². The Morgan fingerprint density at radius 1 is 1.62 bits per heavy atom. The largest absolute Gasteiger partial charge is 0.480 e. The second kappa shape index (κ2) is 7.75. The number of benzene rings is 1. The molecule has 0 aliphatic heterocycles. The summed E-state index contributed by atoms with van der Waals surface area (Å²) in [7, 11) is 1.48. The van der Waals surface area contributed by atoms with Gasteiger partial charge in [0, 0.05) is 13.7 Å². The standard InChI is InChI=1S/C12H14ClFN2O5/c1-21-4-2-3-9(12(17)18)15-10-5-7(13)8(14)6-11(10)16(19)20/h5-6,9,15H,2-4H2,1H3,(H,17,18). The number of ether oxygens (including phenoxy) is 1. The Morgan fingerprint density at radius 3 is 2.81 bits per heavy atom. The molecule has 0 fully saturated rings. The molecule has 0 saturated carbocycles. The van der Waals surface area contributed by atoms with Gasteiger partial charge in [0.1, 0.15) is 17.5 Å². The molecule has 21 heavy (non-hydrogen) atoms. The van der Waals surface area contributed by atoms with E-state index < -0.39 is 28.4 Å². The highest BCUT2D eigenvalue weighted by Gasteiger charge is 2.23. The van der Waals surface area contributed by atoms with Crippen LogP contribution < -0.4 is 5.32 Å². The first-order chi connectivity index (χ1) is 9.86. The van der Waals surface area contributed by atoms with Gasteiger partial charge in [-0.25, -0.2) is 9.18 Å². The van der Waals surface area contributed by atoms with Crippen molar-refractivity contribution in [3.05, 3.63) is 33.1 Å². The number of carbonyl (C=O) groups is 1. The maximum absolute atomic E-state index is 13.3. The summed E-state index contributed by atoms with van der Waals surface area (Å²) in [6, 6.07) is 0.584. The van der Waals surface area contributed by atoms with E-state index in [0.29, 0.717) is 19.1 Å². The molecule has 1 unspecified atom stereocenters. The van der Waals surface area contributed by atoms with Crippen molar-refractivity contribution in [3.63, 3.8) is 0 Å². The minimum absolute atomic E-state index is 0.142. The van der Waals surface area contributed by atoms with Crippen LogP contribution in [-0.4, -0.2) is 35.8 Å². The maximum atomic E-state index is 13.3. The number of carboxylic acid groups (broad SMARTS) is 1. The molecule has 0 radical (unpaired) electrons. The second-order valence-electron chi connectivity index (χ2n) is 4.21. The lowest BCUT2D eigenvalue weighted by molar-refractivity contribution is -0.384. The minimum Gasteiger partial charge on any atom is -0.480 e. The Morgan fingerprint density at radius 2 is 2.29 bits per heavy atom. The van der Waals surface area contributed by atoms with Gasteiger partial charge in [-0.05, 0) is 18.9 Å². The molecule has 1 rings (SSSR count). The van der Waals surface area contributed by atoms with Crippen LogP contribution in [0, 0.1) is 15.9 Å². The smallest absolute Gasteiger partial charge is 0.326 e. The van der Waals surface area contributed by atoms with Crippen molar-refractivity contribution in [2.45, 2.75) is 18.9 Å². The number of nitro groups is 1. The minimum atomic E-state index is -1.18. The fraction of sp³-hybridized carbons (Fsp3) is 0.417. The van der Waals surface area contributed by atoms with Gasteiger partial charge in [0.2, 0.25) is 0 Å². The predicted molar refractivity (Wildman–Crippen MR) is 74.2 cm³/mol. The molecule has 0 aliphatic rings. The molecule has 0 heterocycles. The van der Waals surface area contributed by atoms with Crippen LogP contribution in [0.25, 0.3) is 0 Å². The van der Waals surface area contributed by atoms with Gasteiger partial charge in [-0.3, -0.25) is 10.1 Å². The molecule has 9 heteroatoms. The quantitative estimate of drug-likeness (QED) is 0.434. The monoisotopic (exact) mass is 320 g/mol. The molecule has 116 valence electrons. The Bertz CT molecular complexity index is 541. The summed E-state index contributed by atoms with van der Waals surface area (Å²) in [5.41, 5.74) is -0.717. The van der Waals surface area contributed by atoms with Crippen LogP contribution in [0.1, 0.15) is 12.8 Å². The Hall–Kier alpha value is -1.93. The number of rotatable bonds is 8. The third kappa shape index (κ3) is 4.83. The normalized spacial score (nSPS) is 12.0. The maximum Gasteiger partial charge on any atom is 0.326 e. The number of nitrogens with zero attached hydrogens (tertiary/aromatic N) is 1. The molecule has 1 atom stereocenters. The number of anilines is 1. The van der Waals surface area contributed by atoms with E-state index >= 15 is 0 Å². The van der Waals surface area contributed by atoms with E-state index in [1.54, 1.807) is 0 Å². The average Bonchev–Trinajstić information content (AvgIpc) is 2.41. The van der Waals surface area contributed by atoms with Gasteiger partial charge in [0.15, 0.2) is 0 Å². The third-order valence-electron chi connectivity index (χ3n) is 2.70. The highest BCUT2D eigenvalue weighted by molar-refractivity contribution is 6.31. The number of halogens is 2. The molecule has 1 aromatic carbocycles. The van der Waals surface area contributed by atoms with E-state index in [-0.39, 0.29) is 17.1 Å². The first kappa shape index (κ1) is 17.1. The zero-order chi connectivity index (χ0) is 16.0. The van der Waals surface area contributed by atoms with E-state index in [9.17, 15) is 19.3 Å². The van der Waals surface area contributed by atoms with Crippen LogP contribution in [0.4, 0.5) is 15.8 Å². The highest BCUT2D eigenvalue weighted by atomic mass is 35.5. The Balaban J connectivity index is 2.99. The number of methoxy groups -OCH3 is 1. The molecule has 0 saturated heterocycles. The fourth-order valence-electron chi connectivity index (χ4n) is 1.68. The molecule has 0 spiro atoms. The van der Waals surface area contributed by atoms with E-state index in [4.69, 9.17) is 21.4 Å². The van der Waals surface area contributed by atoms with E-state index in [1.165, 1.54) is 7.11 Å². The van der Waals surface area contributed by atoms with Crippen LogP contribution in [0.5, 0.6) is 0 Å². The molecule has 7 nitrogen and oxygen atoms in total. The number of aliphatic carboxylic acids is 1. The van der Waals surface area contributed by atoms with Crippen LogP contribution >= 0.6 is 11.6 Å². The summed E-state index contributed by atoms with van der Waals surface area (Å²) >= 11 is 5.58. The number of hydrogen-bond donors (Lipinski definition) is 2. The summed E-state index contributed by atoms with van der Waals surface area (Å²) in [6.07, 6.45) is 0.637. The Kier molecular flexibility index (Phi) is 6.32. The Labute approximate surface area is 124 Å². The van der Waals surface area contributed by atoms with Crippen molar-refractivity contribution in [3.8, 4) is 0 Å². The van der Waals surface area contributed by atoms with Crippen LogP contribution in [0.3, 0.4) is 0 Å². The number of carboxylic acids is 1. The van der Waals surface area contributed by atoms with Gasteiger partial charge in [-0.2, -0.15) is 0 Å². The molecular weight excluding hydrogens is 307 g/mol. The third-order valence-corrected chi connectivity index (χ3v) is 2.99. The van der Waals surface area contributed by atoms with Crippen LogP contribution in [0.15, 0.2) is 12.1 Å². The molecule has 2 N–H and O–H groups in total. The molecule has 0 aliphatic carbocycles. The lowest BCUT2D eigenvalue weighted by Crippen LogP contribution is -2.29. The van der Waals surface area contributed by atoms with E-state index in [0.717, 1.165) is 6.07 Å². The second-order valence-corrected chi connectivity index (χ2v) is 4.62.